The Morgan fingerprint density at radius 2 is 1.57 bits per heavy atom. The summed E-state index contributed by atoms with van der Waals surface area (Å²) in [6.45, 7) is 6.72. The van der Waals surface area contributed by atoms with Crippen LogP contribution in [0.2, 0.25) is 0 Å². The van der Waals surface area contributed by atoms with Gasteiger partial charge in [-0.15, -0.1) is 0 Å². The monoisotopic (exact) mass is 495 g/mol. The number of benzene rings is 2. The Bertz CT molecular complexity index is 1340. The van der Waals surface area contributed by atoms with Crippen LogP contribution < -0.4 is 9.47 Å². The minimum absolute atomic E-state index is 0.0448. The molecule has 0 amide bonds. The molecule has 184 valence electrons. The molecular formula is C26H29N3O5S. The number of hydrogen-bond acceptors (Lipinski definition) is 6. The molecule has 2 aromatic carbocycles. The van der Waals surface area contributed by atoms with Crippen LogP contribution in [0.1, 0.15) is 21.7 Å². The number of Topliss-reactive ketones (excluding diaryl/α,β-unsaturated/α-hetero) is 1. The molecule has 3 aromatic rings. The van der Waals surface area contributed by atoms with E-state index in [1.54, 1.807) is 12.1 Å². The summed E-state index contributed by atoms with van der Waals surface area (Å²) in [7, 11) is -3.66. The molecular weight excluding hydrogens is 466 g/mol. The fraction of sp³-hybridized carbons (Fsp3) is 0.346. The Labute approximate surface area is 205 Å². The molecule has 8 nitrogen and oxygen atoms in total. The lowest BCUT2D eigenvalue weighted by Gasteiger charge is -2.33. The third-order valence-corrected chi connectivity index (χ3v) is 8.49. The first-order chi connectivity index (χ1) is 16.8. The van der Waals surface area contributed by atoms with Crippen LogP contribution in [0.15, 0.2) is 59.5 Å². The minimum Gasteiger partial charge on any atom is -0.486 e. The lowest BCUT2D eigenvalue weighted by Crippen LogP contribution is -2.49. The van der Waals surface area contributed by atoms with E-state index in [1.807, 2.05) is 55.1 Å². The molecule has 0 N–H and O–H groups in total. The number of carbonyl (C=O) groups is 1. The number of para-hydroxylation sites is 1. The summed E-state index contributed by atoms with van der Waals surface area (Å²) in [5.41, 5.74) is 3.66. The number of aromatic nitrogens is 1. The number of ether oxygens (including phenoxy) is 2. The highest BCUT2D eigenvalue weighted by Crippen LogP contribution is 2.33. The fourth-order valence-corrected chi connectivity index (χ4v) is 6.21. The van der Waals surface area contributed by atoms with Crippen LogP contribution in [0.4, 0.5) is 0 Å². The standard InChI is InChI=1S/C26H29N3O5S/c1-19-16-23(20(2)29(19)21-6-4-3-5-7-21)24(30)18-27-10-12-28(13-11-27)35(31,32)22-8-9-25-26(17-22)34-15-14-33-25/h3-9,16-17H,10-15,18H2,1-2H3. The van der Waals surface area contributed by atoms with Gasteiger partial charge in [0.1, 0.15) is 13.2 Å². The second kappa shape index (κ2) is 9.49. The highest BCUT2D eigenvalue weighted by atomic mass is 32.2. The molecule has 2 aliphatic heterocycles. The van der Waals surface area contributed by atoms with E-state index in [2.05, 4.69) is 4.57 Å². The van der Waals surface area contributed by atoms with Gasteiger partial charge in [-0.3, -0.25) is 9.69 Å². The molecule has 1 fully saturated rings. The summed E-state index contributed by atoms with van der Waals surface area (Å²) in [5.74, 6) is 1.06. The van der Waals surface area contributed by atoms with Gasteiger partial charge in [0.25, 0.3) is 0 Å². The van der Waals surface area contributed by atoms with Gasteiger partial charge in [-0.05, 0) is 44.2 Å². The van der Waals surface area contributed by atoms with E-state index in [0.29, 0.717) is 56.5 Å². The van der Waals surface area contributed by atoms with Gasteiger partial charge in [0.15, 0.2) is 17.3 Å². The number of nitrogens with zero attached hydrogens (tertiary/aromatic N) is 3. The highest BCUT2D eigenvalue weighted by molar-refractivity contribution is 7.89. The van der Waals surface area contributed by atoms with E-state index in [9.17, 15) is 13.2 Å². The van der Waals surface area contributed by atoms with Crippen molar-refractivity contribution in [1.29, 1.82) is 0 Å². The number of hydrogen-bond donors (Lipinski definition) is 0. The van der Waals surface area contributed by atoms with Gasteiger partial charge in [-0.25, -0.2) is 8.42 Å². The third-order valence-electron chi connectivity index (χ3n) is 6.60. The van der Waals surface area contributed by atoms with Crippen molar-refractivity contribution in [3.05, 3.63) is 71.5 Å². The van der Waals surface area contributed by atoms with Crippen LogP contribution in [0, 0.1) is 13.8 Å². The predicted molar refractivity (Wildman–Crippen MR) is 132 cm³/mol. The Balaban J connectivity index is 1.24. The molecule has 0 aliphatic carbocycles. The second-order valence-electron chi connectivity index (χ2n) is 8.86. The van der Waals surface area contributed by atoms with E-state index >= 15 is 0 Å². The summed E-state index contributed by atoms with van der Waals surface area (Å²) in [5, 5.41) is 0. The zero-order valence-corrected chi connectivity index (χ0v) is 20.8. The van der Waals surface area contributed by atoms with Crippen molar-refractivity contribution < 1.29 is 22.7 Å². The van der Waals surface area contributed by atoms with E-state index < -0.39 is 10.0 Å². The molecule has 1 saturated heterocycles. The predicted octanol–water partition coefficient (Wildman–Crippen LogP) is 3.05. The number of rotatable bonds is 6. The average Bonchev–Trinajstić information content (AvgIpc) is 3.18. The lowest BCUT2D eigenvalue weighted by atomic mass is 10.1. The summed E-state index contributed by atoms with van der Waals surface area (Å²) in [6.07, 6.45) is 0. The smallest absolute Gasteiger partial charge is 0.243 e. The summed E-state index contributed by atoms with van der Waals surface area (Å²) >= 11 is 0. The number of piperazine rings is 1. The van der Waals surface area contributed by atoms with Gasteiger partial charge in [0.2, 0.25) is 10.0 Å². The number of sulfonamides is 1. The zero-order chi connectivity index (χ0) is 24.6. The van der Waals surface area contributed by atoms with Crippen LogP contribution in [0.3, 0.4) is 0 Å². The molecule has 0 saturated carbocycles. The molecule has 35 heavy (non-hydrogen) atoms. The Morgan fingerprint density at radius 3 is 2.29 bits per heavy atom. The van der Waals surface area contributed by atoms with Gasteiger partial charge in [0, 0.05) is 54.9 Å². The van der Waals surface area contributed by atoms with Gasteiger partial charge in [0.05, 0.1) is 11.4 Å². The minimum atomic E-state index is -3.66. The van der Waals surface area contributed by atoms with Gasteiger partial charge in [-0.1, -0.05) is 18.2 Å². The van der Waals surface area contributed by atoms with Gasteiger partial charge >= 0.3 is 0 Å². The first kappa shape index (κ1) is 23.6. The number of carbonyl (C=O) groups excluding carboxylic acids is 1. The second-order valence-corrected chi connectivity index (χ2v) is 10.8. The van der Waals surface area contributed by atoms with E-state index in [4.69, 9.17) is 9.47 Å². The molecule has 5 rings (SSSR count). The number of ketones is 1. The third kappa shape index (κ3) is 4.59. The molecule has 9 heteroatoms. The first-order valence-corrected chi connectivity index (χ1v) is 13.2. The SMILES string of the molecule is Cc1cc(C(=O)CN2CCN(S(=O)(=O)c3ccc4c(c3)OCCO4)CC2)c(C)n1-c1ccccc1. The number of aryl methyl sites for hydroxylation is 1. The number of fused-ring (bicyclic) bond motifs is 1. The van der Waals surface area contributed by atoms with Crippen LogP contribution in [-0.2, 0) is 10.0 Å². The normalized spacial score (nSPS) is 16.9. The van der Waals surface area contributed by atoms with E-state index in [-0.39, 0.29) is 17.2 Å². The fourth-order valence-electron chi connectivity index (χ4n) is 4.77. The quantitative estimate of drug-likeness (QED) is 0.489. The molecule has 0 atom stereocenters. The van der Waals surface area contributed by atoms with Crippen LogP contribution >= 0.6 is 0 Å². The molecule has 0 unspecified atom stereocenters. The van der Waals surface area contributed by atoms with E-state index in [1.165, 1.54) is 10.4 Å². The average molecular weight is 496 g/mol. The van der Waals surface area contributed by atoms with Crippen LogP contribution in [0.25, 0.3) is 5.69 Å². The maximum Gasteiger partial charge on any atom is 0.243 e. The highest BCUT2D eigenvalue weighted by Gasteiger charge is 2.31. The first-order valence-electron chi connectivity index (χ1n) is 11.7. The molecule has 0 bridgehead atoms. The summed E-state index contributed by atoms with van der Waals surface area (Å²) < 4.78 is 41.0. The van der Waals surface area contributed by atoms with Crippen molar-refractivity contribution in [2.45, 2.75) is 18.7 Å². The van der Waals surface area contributed by atoms with Crippen molar-refractivity contribution in [2.24, 2.45) is 0 Å². The Morgan fingerprint density at radius 1 is 0.886 bits per heavy atom. The lowest BCUT2D eigenvalue weighted by molar-refractivity contribution is 0.0901. The van der Waals surface area contributed by atoms with E-state index in [0.717, 1.165) is 17.1 Å². The maximum absolute atomic E-state index is 13.2. The topological polar surface area (TPSA) is 81.1 Å². The summed E-state index contributed by atoms with van der Waals surface area (Å²) in [6, 6.07) is 16.6. The van der Waals surface area contributed by atoms with Crippen molar-refractivity contribution in [2.75, 3.05) is 45.9 Å². The van der Waals surface area contributed by atoms with Gasteiger partial charge < -0.3 is 14.0 Å². The van der Waals surface area contributed by atoms with Crippen molar-refractivity contribution >= 4 is 15.8 Å². The molecule has 0 radical (unpaired) electrons. The van der Waals surface area contributed by atoms with Crippen molar-refractivity contribution in [1.82, 2.24) is 13.8 Å². The van der Waals surface area contributed by atoms with Crippen LogP contribution in [-0.4, -0.2) is 73.9 Å². The summed E-state index contributed by atoms with van der Waals surface area (Å²) in [4.78, 5) is 15.4. The Kier molecular flexibility index (Phi) is 6.39. The molecule has 2 aliphatic rings. The Hall–Kier alpha value is -3.14. The zero-order valence-electron chi connectivity index (χ0n) is 19.9. The van der Waals surface area contributed by atoms with Crippen molar-refractivity contribution in [3.63, 3.8) is 0 Å². The molecule has 3 heterocycles. The molecule has 1 aromatic heterocycles. The van der Waals surface area contributed by atoms with Gasteiger partial charge in [-0.2, -0.15) is 4.31 Å². The largest absolute Gasteiger partial charge is 0.486 e. The van der Waals surface area contributed by atoms with Crippen molar-refractivity contribution in [3.8, 4) is 17.2 Å². The molecule has 0 spiro atoms. The van der Waals surface area contributed by atoms with Crippen LogP contribution in [0.5, 0.6) is 11.5 Å². The maximum atomic E-state index is 13.2.